The first kappa shape index (κ1) is 43.7. The summed E-state index contributed by atoms with van der Waals surface area (Å²) in [6.07, 6.45) is 5.81. The lowest BCUT2D eigenvalue weighted by Crippen LogP contribution is -2.43. The summed E-state index contributed by atoms with van der Waals surface area (Å²) < 4.78 is 4.34. The van der Waals surface area contributed by atoms with E-state index in [0.29, 0.717) is 0 Å². The highest BCUT2D eigenvalue weighted by molar-refractivity contribution is 5.32. The van der Waals surface area contributed by atoms with E-state index in [-0.39, 0.29) is 49.0 Å². The number of nitrogens with zero attached hydrogens (tertiary/aromatic N) is 5. The van der Waals surface area contributed by atoms with Crippen LogP contribution in [0.4, 0.5) is 0 Å². The Balaban J connectivity index is 0.000000360. The summed E-state index contributed by atoms with van der Waals surface area (Å²) in [7, 11) is 0. The van der Waals surface area contributed by atoms with Gasteiger partial charge < -0.3 is 0 Å². The van der Waals surface area contributed by atoms with E-state index in [1.165, 1.54) is 22.6 Å². The zero-order valence-corrected chi connectivity index (χ0v) is 36.1. The van der Waals surface area contributed by atoms with Crippen LogP contribution in [0.3, 0.4) is 0 Å². The minimum atomic E-state index is 0.0130. The smallest absolute Gasteiger partial charge is 0.0623 e. The third-order valence-corrected chi connectivity index (χ3v) is 11.5. The number of H-pyrrole nitrogens is 1. The topological polar surface area (TPSA) is 64.3 Å². The lowest BCUT2D eigenvalue weighted by atomic mass is 9.64. The molecule has 0 spiro atoms. The standard InChI is InChI=1S/3C14H26N2/c1-12(2,3)11-10(9-15-16-11)14(7,8)13(4,5)6;1-12(2,3)14(7,8)11-9-10-15-16(11)13(4,5)6;1-12(2,3)11-9-10-15-16(11)14(7,8)13(4,5)6/h9H,1-8H3,(H,15,16);2*9-10H,1-8H3. The Labute approximate surface area is 297 Å². The Morgan fingerprint density at radius 1 is 0.479 bits per heavy atom. The molecule has 0 saturated carbocycles. The van der Waals surface area contributed by atoms with Crippen molar-refractivity contribution in [3.05, 3.63) is 53.4 Å². The van der Waals surface area contributed by atoms with Gasteiger partial charge in [-0.25, -0.2) is 0 Å². The number of aromatic nitrogens is 6. The number of aromatic amines is 1. The summed E-state index contributed by atoms with van der Waals surface area (Å²) in [4.78, 5) is 0. The number of rotatable bonds is 3. The zero-order valence-electron chi connectivity index (χ0n) is 36.1. The van der Waals surface area contributed by atoms with Crippen molar-refractivity contribution in [2.75, 3.05) is 0 Å². The molecule has 3 aromatic heterocycles. The van der Waals surface area contributed by atoms with Crippen LogP contribution in [0.15, 0.2) is 30.7 Å². The Kier molecular flexibility index (Phi) is 12.5. The molecule has 48 heavy (non-hydrogen) atoms. The highest BCUT2D eigenvalue weighted by Crippen LogP contribution is 2.44. The second-order valence-electron chi connectivity index (χ2n) is 21.6. The van der Waals surface area contributed by atoms with E-state index < -0.39 is 0 Å². The molecule has 0 saturated heterocycles. The molecule has 0 aliphatic heterocycles. The van der Waals surface area contributed by atoms with Crippen molar-refractivity contribution in [3.63, 3.8) is 0 Å². The van der Waals surface area contributed by atoms with Gasteiger partial charge in [-0.2, -0.15) is 15.3 Å². The SMILES string of the molecule is CC(C)(C)c1[nH]ncc1C(C)(C)C(C)(C)C.CC(C)(C)c1ccnn1C(C)(C)C(C)(C)C.CC(C)(C)n1nccc1C(C)(C)C(C)(C)C. The van der Waals surface area contributed by atoms with Crippen molar-refractivity contribution in [2.45, 2.75) is 199 Å². The van der Waals surface area contributed by atoms with Crippen molar-refractivity contribution >= 4 is 0 Å². The summed E-state index contributed by atoms with van der Waals surface area (Å²) in [6.45, 7) is 54.2. The summed E-state index contributed by atoms with van der Waals surface area (Å²) in [5, 5.41) is 16.4. The van der Waals surface area contributed by atoms with Gasteiger partial charge >= 0.3 is 0 Å². The zero-order chi connectivity index (χ0) is 38.3. The van der Waals surface area contributed by atoms with Crippen LogP contribution < -0.4 is 0 Å². The van der Waals surface area contributed by atoms with Crippen LogP contribution in [0.1, 0.15) is 189 Å². The molecule has 0 aliphatic carbocycles. The van der Waals surface area contributed by atoms with E-state index in [1.54, 1.807) is 0 Å². The molecule has 276 valence electrons. The summed E-state index contributed by atoms with van der Waals surface area (Å²) in [6, 6.07) is 4.28. The van der Waals surface area contributed by atoms with Crippen LogP contribution in [0.25, 0.3) is 0 Å². The van der Waals surface area contributed by atoms with E-state index >= 15 is 0 Å². The van der Waals surface area contributed by atoms with Crippen LogP contribution in [0.5, 0.6) is 0 Å². The molecular formula is C42H78N6. The Morgan fingerprint density at radius 3 is 1.25 bits per heavy atom. The van der Waals surface area contributed by atoms with Gasteiger partial charge in [-0.05, 0) is 74.0 Å². The second kappa shape index (κ2) is 13.7. The van der Waals surface area contributed by atoms with Crippen molar-refractivity contribution in [1.82, 2.24) is 29.8 Å². The number of nitrogens with one attached hydrogen (secondary N) is 1. The predicted octanol–water partition coefficient (Wildman–Crippen LogP) is 12.0. The molecule has 3 heterocycles. The van der Waals surface area contributed by atoms with E-state index in [0.717, 1.165) is 0 Å². The molecule has 0 atom stereocenters. The summed E-state index contributed by atoms with van der Waals surface area (Å²) in [5.41, 5.74) is 6.36. The van der Waals surface area contributed by atoms with Crippen molar-refractivity contribution in [3.8, 4) is 0 Å². The van der Waals surface area contributed by atoms with Gasteiger partial charge in [-0.15, -0.1) is 0 Å². The first-order valence-corrected chi connectivity index (χ1v) is 18.1. The second-order valence-corrected chi connectivity index (χ2v) is 21.6. The van der Waals surface area contributed by atoms with Crippen molar-refractivity contribution < 1.29 is 0 Å². The van der Waals surface area contributed by atoms with E-state index in [9.17, 15) is 0 Å². The maximum atomic E-state index is 4.54. The summed E-state index contributed by atoms with van der Waals surface area (Å²) in [5.74, 6) is 0. The average Bonchev–Trinajstić information content (AvgIpc) is 3.62. The van der Waals surface area contributed by atoms with Crippen LogP contribution >= 0.6 is 0 Å². The largest absolute Gasteiger partial charge is 0.282 e. The van der Waals surface area contributed by atoms with Gasteiger partial charge in [-0.3, -0.25) is 14.5 Å². The predicted molar refractivity (Wildman–Crippen MR) is 209 cm³/mol. The van der Waals surface area contributed by atoms with E-state index in [4.69, 9.17) is 0 Å². The molecule has 0 aliphatic rings. The van der Waals surface area contributed by atoms with Crippen molar-refractivity contribution in [1.29, 1.82) is 0 Å². The lowest BCUT2D eigenvalue weighted by molar-refractivity contribution is 0.116. The van der Waals surface area contributed by atoms with Gasteiger partial charge in [0.1, 0.15) is 0 Å². The van der Waals surface area contributed by atoms with Gasteiger partial charge in [-0.1, -0.05) is 132 Å². The number of hydrogen-bond donors (Lipinski definition) is 1. The molecule has 1 N–H and O–H groups in total. The Morgan fingerprint density at radius 2 is 0.896 bits per heavy atom. The maximum Gasteiger partial charge on any atom is 0.0623 e. The first-order valence-electron chi connectivity index (χ1n) is 18.1. The highest BCUT2D eigenvalue weighted by Gasteiger charge is 2.40. The minimum Gasteiger partial charge on any atom is -0.282 e. The Bertz CT molecular complexity index is 1250. The highest BCUT2D eigenvalue weighted by atomic mass is 15.3. The number of hydrogen-bond acceptors (Lipinski definition) is 3. The maximum absolute atomic E-state index is 4.54. The van der Waals surface area contributed by atoms with Crippen LogP contribution in [0, 0.1) is 16.2 Å². The van der Waals surface area contributed by atoms with Crippen LogP contribution in [-0.4, -0.2) is 29.8 Å². The lowest BCUT2D eigenvalue weighted by Gasteiger charge is -2.41. The van der Waals surface area contributed by atoms with Gasteiger partial charge in [0.2, 0.25) is 0 Å². The molecule has 3 rings (SSSR count). The molecule has 6 nitrogen and oxygen atoms in total. The van der Waals surface area contributed by atoms with Gasteiger partial charge in [0.15, 0.2) is 0 Å². The quantitative estimate of drug-likeness (QED) is 0.302. The molecule has 0 unspecified atom stereocenters. The third-order valence-electron chi connectivity index (χ3n) is 11.5. The molecule has 3 aromatic rings. The molecule has 0 radical (unpaired) electrons. The van der Waals surface area contributed by atoms with Crippen LogP contribution in [-0.2, 0) is 32.7 Å². The average molecular weight is 667 g/mol. The normalized spacial score (nSPS) is 14.2. The van der Waals surface area contributed by atoms with E-state index in [1.807, 2.05) is 18.6 Å². The third kappa shape index (κ3) is 9.65. The van der Waals surface area contributed by atoms with Crippen LogP contribution in [0.2, 0.25) is 0 Å². The molecule has 6 heteroatoms. The molecule has 0 amide bonds. The fourth-order valence-corrected chi connectivity index (χ4v) is 5.07. The first-order chi connectivity index (χ1) is 20.9. The molecule has 0 aromatic carbocycles. The fourth-order valence-electron chi connectivity index (χ4n) is 5.07. The van der Waals surface area contributed by atoms with Gasteiger partial charge in [0.05, 0.1) is 17.3 Å². The molecule has 0 fully saturated rings. The molecule has 0 bridgehead atoms. The molecular weight excluding hydrogens is 589 g/mol. The van der Waals surface area contributed by atoms with Crippen molar-refractivity contribution in [2.24, 2.45) is 16.2 Å². The monoisotopic (exact) mass is 667 g/mol. The van der Waals surface area contributed by atoms with Gasteiger partial charge in [0, 0.05) is 45.7 Å². The summed E-state index contributed by atoms with van der Waals surface area (Å²) >= 11 is 0. The van der Waals surface area contributed by atoms with Gasteiger partial charge in [0.25, 0.3) is 0 Å². The fraction of sp³-hybridized carbons (Fsp3) is 0.786. The van der Waals surface area contributed by atoms with E-state index in [2.05, 4.69) is 208 Å². The minimum absolute atomic E-state index is 0.0130. The Hall–Kier alpha value is -2.37.